The summed E-state index contributed by atoms with van der Waals surface area (Å²) >= 11 is 0. The number of aliphatic hydroxyl groups is 1. The zero-order chi connectivity index (χ0) is 24.1. The second kappa shape index (κ2) is 8.24. The zero-order valence-corrected chi connectivity index (χ0v) is 17.7. The minimum Gasteiger partial charge on any atom is -0.391 e. The van der Waals surface area contributed by atoms with Gasteiger partial charge in [-0.05, 0) is 30.9 Å². The lowest BCUT2D eigenvalue weighted by molar-refractivity contribution is -0.117. The number of rotatable bonds is 5. The van der Waals surface area contributed by atoms with Gasteiger partial charge in [-0.15, -0.1) is 0 Å². The Morgan fingerprint density at radius 3 is 2.47 bits per heavy atom. The summed E-state index contributed by atoms with van der Waals surface area (Å²) in [6.45, 7) is 0.328. The monoisotopic (exact) mass is 472 g/mol. The van der Waals surface area contributed by atoms with Gasteiger partial charge >= 0.3 is 0 Å². The van der Waals surface area contributed by atoms with Crippen molar-refractivity contribution in [1.29, 1.82) is 0 Å². The molecule has 1 saturated carbocycles. The van der Waals surface area contributed by atoms with E-state index in [1.807, 2.05) is 0 Å². The van der Waals surface area contributed by atoms with Crippen LogP contribution in [-0.2, 0) is 4.79 Å². The number of amides is 2. The van der Waals surface area contributed by atoms with Crippen molar-refractivity contribution in [2.75, 3.05) is 18.0 Å². The predicted molar refractivity (Wildman–Crippen MR) is 115 cm³/mol. The third-order valence-corrected chi connectivity index (χ3v) is 5.93. The molecule has 2 fully saturated rings. The van der Waals surface area contributed by atoms with Gasteiger partial charge in [0.2, 0.25) is 11.3 Å². The van der Waals surface area contributed by atoms with Crippen molar-refractivity contribution < 1.29 is 27.9 Å². The summed E-state index contributed by atoms with van der Waals surface area (Å²) < 4.78 is 43.9. The summed E-state index contributed by atoms with van der Waals surface area (Å²) in [6, 6.07) is 3.59. The number of aromatic nitrogens is 2. The molecule has 1 atom stereocenters. The molecule has 0 bridgehead atoms. The average molecular weight is 472 g/mol. The second-order valence-electron chi connectivity index (χ2n) is 8.52. The van der Waals surface area contributed by atoms with E-state index in [1.54, 1.807) is 0 Å². The molecule has 2 N–H and O–H groups in total. The maximum absolute atomic E-state index is 14.7. The van der Waals surface area contributed by atoms with E-state index in [0.717, 1.165) is 23.6 Å². The Balaban J connectivity index is 1.72. The van der Waals surface area contributed by atoms with Crippen molar-refractivity contribution >= 4 is 28.7 Å². The number of fused-ring (bicyclic) bond motifs is 1. The lowest BCUT2D eigenvalue weighted by Gasteiger charge is -2.18. The van der Waals surface area contributed by atoms with Crippen LogP contribution in [0.25, 0.3) is 16.7 Å². The molecular formula is C23H19F3N4O4. The molecule has 1 aliphatic carbocycles. The van der Waals surface area contributed by atoms with E-state index < -0.39 is 46.5 Å². The van der Waals surface area contributed by atoms with E-state index in [9.17, 15) is 32.7 Å². The number of nitrogens with zero attached hydrogens (tertiary/aromatic N) is 3. The van der Waals surface area contributed by atoms with E-state index in [2.05, 4.69) is 10.3 Å². The highest BCUT2D eigenvalue weighted by atomic mass is 19.1. The maximum atomic E-state index is 14.7. The van der Waals surface area contributed by atoms with Crippen LogP contribution in [-0.4, -0.2) is 45.7 Å². The Hall–Kier alpha value is -3.73. The number of anilines is 1. The van der Waals surface area contributed by atoms with Crippen LogP contribution >= 0.6 is 0 Å². The first kappa shape index (κ1) is 22.1. The fourth-order valence-electron chi connectivity index (χ4n) is 4.00. The molecule has 1 aliphatic heterocycles. The van der Waals surface area contributed by atoms with Crippen LogP contribution in [0.5, 0.6) is 0 Å². The van der Waals surface area contributed by atoms with Gasteiger partial charge in [0.25, 0.3) is 5.91 Å². The Morgan fingerprint density at radius 1 is 1.15 bits per heavy atom. The molecule has 11 heteroatoms. The first-order chi connectivity index (χ1) is 16.2. The number of aliphatic hydroxyl groups excluding tert-OH is 1. The van der Waals surface area contributed by atoms with Gasteiger partial charge in [-0.2, -0.15) is 0 Å². The van der Waals surface area contributed by atoms with Crippen molar-refractivity contribution in [1.82, 2.24) is 14.9 Å². The van der Waals surface area contributed by atoms with Gasteiger partial charge in [0.15, 0.2) is 17.3 Å². The van der Waals surface area contributed by atoms with Gasteiger partial charge in [-0.3, -0.25) is 23.9 Å². The number of benzene rings is 1. The number of hydrogen-bond acceptors (Lipinski definition) is 5. The van der Waals surface area contributed by atoms with Gasteiger partial charge < -0.3 is 10.4 Å². The number of pyridine rings is 2. The Labute approximate surface area is 190 Å². The third kappa shape index (κ3) is 3.92. The first-order valence-corrected chi connectivity index (χ1v) is 10.7. The lowest BCUT2D eigenvalue weighted by atomic mass is 10.1. The Morgan fingerprint density at radius 2 is 1.85 bits per heavy atom. The van der Waals surface area contributed by atoms with Crippen molar-refractivity contribution in [3.63, 3.8) is 0 Å². The number of β-amino-alcohol motifs (C(OH)–C–C–N with tert-alkyl or cyclic N) is 1. The number of hydrogen-bond donors (Lipinski definition) is 2. The molecule has 1 saturated heterocycles. The molecule has 2 aliphatic rings. The molecule has 2 aromatic heterocycles. The van der Waals surface area contributed by atoms with E-state index in [0.29, 0.717) is 24.6 Å². The van der Waals surface area contributed by atoms with Crippen LogP contribution in [0.15, 0.2) is 35.3 Å². The zero-order valence-electron chi connectivity index (χ0n) is 17.7. The van der Waals surface area contributed by atoms with E-state index in [1.165, 1.54) is 17.0 Å². The van der Waals surface area contributed by atoms with Gasteiger partial charge in [-0.1, -0.05) is 0 Å². The fraction of sp³-hybridized carbons (Fsp3) is 0.304. The summed E-state index contributed by atoms with van der Waals surface area (Å²) in [5, 5.41) is 12.3. The average Bonchev–Trinajstić information content (AvgIpc) is 3.54. The molecule has 8 nitrogen and oxygen atoms in total. The Kier molecular flexibility index (Phi) is 5.35. The molecule has 0 unspecified atom stereocenters. The van der Waals surface area contributed by atoms with Gasteiger partial charge in [0, 0.05) is 24.9 Å². The molecule has 5 rings (SSSR count). The molecule has 1 aromatic carbocycles. The molecule has 0 spiro atoms. The molecule has 3 aromatic rings. The second-order valence-corrected chi connectivity index (χ2v) is 8.52. The Bertz CT molecular complexity index is 1380. The van der Waals surface area contributed by atoms with Crippen LogP contribution in [0, 0.1) is 23.4 Å². The largest absolute Gasteiger partial charge is 0.391 e. The van der Waals surface area contributed by atoms with Crippen molar-refractivity contribution in [2.45, 2.75) is 25.4 Å². The number of nitrogens with one attached hydrogen (secondary N) is 1. The van der Waals surface area contributed by atoms with Gasteiger partial charge in [-0.25, -0.2) is 18.2 Å². The predicted octanol–water partition coefficient (Wildman–Crippen LogP) is 2.04. The van der Waals surface area contributed by atoms with Gasteiger partial charge in [0.1, 0.15) is 22.9 Å². The normalized spacial score (nSPS) is 18.1. The van der Waals surface area contributed by atoms with Crippen molar-refractivity contribution in [3.05, 3.63) is 63.7 Å². The van der Waals surface area contributed by atoms with Crippen LogP contribution in [0.2, 0.25) is 0 Å². The number of carbonyl (C=O) groups is 2. The summed E-state index contributed by atoms with van der Waals surface area (Å²) in [5.41, 5.74) is -2.05. The van der Waals surface area contributed by atoms with E-state index in [4.69, 9.17) is 0 Å². The fourth-order valence-corrected chi connectivity index (χ4v) is 4.00. The quantitative estimate of drug-likeness (QED) is 0.592. The topological polar surface area (TPSA) is 105 Å². The number of carbonyl (C=O) groups excluding carboxylic acids is 2. The summed E-state index contributed by atoms with van der Waals surface area (Å²) in [5.74, 6) is -4.43. The van der Waals surface area contributed by atoms with E-state index in [-0.39, 0.29) is 35.4 Å². The SMILES string of the molecule is O=C(NCC1CC1)c1cn(-c2c(F)cc(F)cc2F)c2nc(N3C[C@@H](O)CC3=O)ccc2c1=O. The highest BCUT2D eigenvalue weighted by molar-refractivity contribution is 5.99. The summed E-state index contributed by atoms with van der Waals surface area (Å²) in [6.07, 6.45) is 1.87. The van der Waals surface area contributed by atoms with Gasteiger partial charge in [0.05, 0.1) is 24.5 Å². The molecule has 3 heterocycles. The minimum absolute atomic E-state index is 0.0392. The van der Waals surface area contributed by atoms with Crippen molar-refractivity contribution in [2.24, 2.45) is 5.92 Å². The molecule has 0 radical (unpaired) electrons. The maximum Gasteiger partial charge on any atom is 0.256 e. The van der Waals surface area contributed by atoms with Crippen LogP contribution in [0.3, 0.4) is 0 Å². The molecular weight excluding hydrogens is 453 g/mol. The van der Waals surface area contributed by atoms with Crippen LogP contribution in [0.1, 0.15) is 29.6 Å². The van der Waals surface area contributed by atoms with E-state index >= 15 is 0 Å². The molecule has 176 valence electrons. The highest BCUT2D eigenvalue weighted by Gasteiger charge is 2.31. The van der Waals surface area contributed by atoms with Crippen molar-refractivity contribution in [3.8, 4) is 5.69 Å². The summed E-state index contributed by atoms with van der Waals surface area (Å²) in [7, 11) is 0. The minimum atomic E-state index is -1.27. The lowest BCUT2D eigenvalue weighted by Crippen LogP contribution is -2.32. The highest BCUT2D eigenvalue weighted by Crippen LogP contribution is 2.28. The van der Waals surface area contributed by atoms with Crippen LogP contribution < -0.4 is 15.6 Å². The first-order valence-electron chi connectivity index (χ1n) is 10.7. The van der Waals surface area contributed by atoms with Crippen LogP contribution in [0.4, 0.5) is 19.0 Å². The molecule has 2 amide bonds. The summed E-state index contributed by atoms with van der Waals surface area (Å²) in [4.78, 5) is 43.5. The smallest absolute Gasteiger partial charge is 0.256 e. The third-order valence-electron chi connectivity index (χ3n) is 5.93. The number of halogens is 3. The molecule has 34 heavy (non-hydrogen) atoms. The standard InChI is InChI=1S/C23H19F3N4O4/c24-12-5-16(25)20(17(26)6-12)30-10-15(23(34)27-8-11-1-2-11)21(33)14-3-4-18(28-22(14)30)29-9-13(31)7-19(29)32/h3-6,10-11,13,31H,1-2,7-9H2,(H,27,34)/t13-/m0/s1.